The molecular formula is C14H16N4O2. The van der Waals surface area contributed by atoms with Crippen molar-refractivity contribution < 1.29 is 9.32 Å². The summed E-state index contributed by atoms with van der Waals surface area (Å²) < 4.78 is 5.13. The fraction of sp³-hybridized carbons (Fsp3) is 0.357. The Morgan fingerprint density at radius 3 is 3.10 bits per heavy atom. The number of carbonyl (C=O) groups excluding carboxylic acids is 1. The third-order valence-corrected chi connectivity index (χ3v) is 3.57. The van der Waals surface area contributed by atoms with Gasteiger partial charge in [-0.25, -0.2) is 4.79 Å². The smallest absolute Gasteiger partial charge is 0.312 e. The van der Waals surface area contributed by atoms with E-state index in [1.54, 1.807) is 0 Å². The fourth-order valence-electron chi connectivity index (χ4n) is 2.59. The Hall–Kier alpha value is -2.37. The molecule has 1 aliphatic rings. The lowest BCUT2D eigenvalue weighted by Gasteiger charge is -2.12. The van der Waals surface area contributed by atoms with Crippen LogP contribution in [0.2, 0.25) is 0 Å². The van der Waals surface area contributed by atoms with Crippen LogP contribution in [0.15, 0.2) is 22.7 Å². The summed E-state index contributed by atoms with van der Waals surface area (Å²) in [7, 11) is 0. The van der Waals surface area contributed by atoms with Gasteiger partial charge in [0.05, 0.1) is 6.04 Å². The lowest BCUT2D eigenvalue weighted by molar-refractivity contribution is 0.245. The quantitative estimate of drug-likeness (QED) is 0.893. The van der Waals surface area contributed by atoms with Crippen molar-refractivity contribution in [1.82, 2.24) is 15.5 Å². The molecule has 20 heavy (non-hydrogen) atoms. The van der Waals surface area contributed by atoms with E-state index in [-0.39, 0.29) is 6.04 Å². The predicted molar refractivity (Wildman–Crippen MR) is 72.9 cm³/mol. The minimum atomic E-state index is -0.488. The maximum atomic E-state index is 11.0. The first-order valence-corrected chi connectivity index (χ1v) is 6.69. The monoisotopic (exact) mass is 272 g/mol. The number of nitrogens with two attached hydrogens (primary N) is 1. The number of aryl methyl sites for hydroxylation is 2. The molecule has 3 N–H and O–H groups in total. The number of fused-ring (bicyclic) bond motifs is 1. The molecule has 1 heterocycles. The van der Waals surface area contributed by atoms with Crippen LogP contribution in [0.25, 0.3) is 11.4 Å². The summed E-state index contributed by atoms with van der Waals surface area (Å²) in [5.74, 6) is 1.24. The van der Waals surface area contributed by atoms with Crippen molar-refractivity contribution in [3.8, 4) is 11.4 Å². The van der Waals surface area contributed by atoms with Crippen LogP contribution in [0.3, 0.4) is 0 Å². The van der Waals surface area contributed by atoms with Gasteiger partial charge in [-0.15, -0.1) is 0 Å². The summed E-state index contributed by atoms with van der Waals surface area (Å²) in [4.78, 5) is 15.3. The molecule has 1 aliphatic carbocycles. The molecule has 1 aromatic carbocycles. The Bertz CT molecular complexity index is 650. The number of nitrogens with zero attached hydrogens (tertiary/aromatic N) is 2. The average Bonchev–Trinajstić information content (AvgIpc) is 3.05. The third-order valence-electron chi connectivity index (χ3n) is 3.57. The summed E-state index contributed by atoms with van der Waals surface area (Å²) in [6, 6.07) is 5.53. The van der Waals surface area contributed by atoms with Crippen molar-refractivity contribution in [2.45, 2.75) is 32.2 Å². The van der Waals surface area contributed by atoms with Crippen LogP contribution in [0, 0.1) is 0 Å². The van der Waals surface area contributed by atoms with Gasteiger partial charge < -0.3 is 15.6 Å². The highest BCUT2D eigenvalue weighted by Gasteiger charge is 2.24. The first-order chi connectivity index (χ1) is 9.67. The Morgan fingerprint density at radius 2 is 2.40 bits per heavy atom. The summed E-state index contributed by atoms with van der Waals surface area (Å²) >= 11 is 0. The summed E-state index contributed by atoms with van der Waals surface area (Å²) in [6.45, 7) is 1.97. The zero-order valence-electron chi connectivity index (χ0n) is 11.2. The van der Waals surface area contributed by atoms with E-state index >= 15 is 0 Å². The number of primary amides is 1. The SMILES string of the molecule is CCc1nc(-c2ccc3c(c2)CC[C@H]3NC(N)=O)no1. The Morgan fingerprint density at radius 1 is 1.55 bits per heavy atom. The normalized spacial score (nSPS) is 16.9. The predicted octanol–water partition coefficient (Wildman–Crippen LogP) is 1.95. The van der Waals surface area contributed by atoms with Crippen LogP contribution in [0.4, 0.5) is 4.79 Å². The van der Waals surface area contributed by atoms with Gasteiger partial charge in [-0.3, -0.25) is 0 Å². The van der Waals surface area contributed by atoms with Crippen LogP contribution in [0.5, 0.6) is 0 Å². The standard InChI is InChI=1S/C14H16N4O2/c1-2-12-17-13(18-20-12)9-3-5-10-8(7-9)4-6-11(10)16-14(15)19/h3,5,7,11H,2,4,6H2,1H3,(H3,15,16,19)/t11-/m1/s1. The minimum Gasteiger partial charge on any atom is -0.352 e. The van der Waals surface area contributed by atoms with Crippen LogP contribution in [-0.2, 0) is 12.8 Å². The number of hydrogen-bond donors (Lipinski definition) is 2. The van der Waals surface area contributed by atoms with Crippen LogP contribution < -0.4 is 11.1 Å². The van der Waals surface area contributed by atoms with Gasteiger partial charge in [-0.05, 0) is 30.0 Å². The lowest BCUT2D eigenvalue weighted by atomic mass is 10.0. The Kier molecular flexibility index (Phi) is 3.14. The highest BCUT2D eigenvalue weighted by Crippen LogP contribution is 2.33. The molecule has 6 nitrogen and oxygen atoms in total. The highest BCUT2D eigenvalue weighted by atomic mass is 16.5. The molecule has 104 valence electrons. The van der Waals surface area contributed by atoms with Crippen LogP contribution in [-0.4, -0.2) is 16.2 Å². The molecule has 0 aliphatic heterocycles. The highest BCUT2D eigenvalue weighted by molar-refractivity contribution is 5.72. The summed E-state index contributed by atoms with van der Waals surface area (Å²) in [5.41, 5.74) is 8.44. The number of benzene rings is 1. The first kappa shape index (κ1) is 12.7. The first-order valence-electron chi connectivity index (χ1n) is 6.69. The van der Waals surface area contributed by atoms with E-state index in [1.165, 1.54) is 5.56 Å². The molecule has 2 amide bonds. The minimum absolute atomic E-state index is 0.00743. The molecule has 0 saturated carbocycles. The van der Waals surface area contributed by atoms with Crippen molar-refractivity contribution in [2.75, 3.05) is 0 Å². The van der Waals surface area contributed by atoms with Crippen LogP contribution in [0.1, 0.15) is 36.4 Å². The van der Waals surface area contributed by atoms with Crippen molar-refractivity contribution in [3.05, 3.63) is 35.2 Å². The second-order valence-electron chi connectivity index (χ2n) is 4.88. The van der Waals surface area contributed by atoms with Crippen molar-refractivity contribution in [2.24, 2.45) is 5.73 Å². The molecule has 0 spiro atoms. The fourth-order valence-corrected chi connectivity index (χ4v) is 2.59. The summed E-state index contributed by atoms with van der Waals surface area (Å²) in [6.07, 6.45) is 2.50. The Labute approximate surface area is 116 Å². The Balaban J connectivity index is 1.89. The lowest BCUT2D eigenvalue weighted by Crippen LogP contribution is -2.32. The average molecular weight is 272 g/mol. The van der Waals surface area contributed by atoms with Crippen molar-refractivity contribution in [1.29, 1.82) is 0 Å². The van der Waals surface area contributed by atoms with Gasteiger partial charge in [-0.2, -0.15) is 4.98 Å². The molecule has 3 rings (SSSR count). The number of aromatic nitrogens is 2. The van der Waals surface area contributed by atoms with E-state index in [9.17, 15) is 4.79 Å². The third kappa shape index (κ3) is 2.24. The number of hydrogen-bond acceptors (Lipinski definition) is 4. The molecule has 1 atom stereocenters. The number of rotatable bonds is 3. The van der Waals surface area contributed by atoms with Gasteiger partial charge in [0.15, 0.2) is 0 Å². The number of carbonyl (C=O) groups is 1. The van der Waals surface area contributed by atoms with Crippen LogP contribution >= 0.6 is 0 Å². The van der Waals surface area contributed by atoms with Crippen molar-refractivity contribution >= 4 is 6.03 Å². The molecule has 0 saturated heterocycles. The van der Waals surface area contributed by atoms with Gasteiger partial charge in [0.2, 0.25) is 11.7 Å². The van der Waals surface area contributed by atoms with E-state index in [0.29, 0.717) is 11.7 Å². The summed E-state index contributed by atoms with van der Waals surface area (Å²) in [5, 5.41) is 6.73. The molecule has 0 fully saturated rings. The van der Waals surface area contributed by atoms with E-state index in [2.05, 4.69) is 21.5 Å². The molecular weight excluding hydrogens is 256 g/mol. The largest absolute Gasteiger partial charge is 0.352 e. The number of urea groups is 1. The number of amides is 2. The van der Waals surface area contributed by atoms with E-state index < -0.39 is 6.03 Å². The molecule has 0 bridgehead atoms. The maximum Gasteiger partial charge on any atom is 0.312 e. The van der Waals surface area contributed by atoms with Gasteiger partial charge >= 0.3 is 6.03 Å². The number of nitrogens with one attached hydrogen (secondary N) is 1. The molecule has 6 heteroatoms. The van der Waals surface area contributed by atoms with E-state index in [4.69, 9.17) is 10.3 Å². The van der Waals surface area contributed by atoms with Gasteiger partial charge in [0, 0.05) is 12.0 Å². The molecule has 0 radical (unpaired) electrons. The van der Waals surface area contributed by atoms with Gasteiger partial charge in [-0.1, -0.05) is 24.2 Å². The second kappa shape index (κ2) is 4.96. The zero-order valence-corrected chi connectivity index (χ0v) is 11.2. The molecule has 1 aromatic heterocycles. The zero-order chi connectivity index (χ0) is 14.1. The van der Waals surface area contributed by atoms with Gasteiger partial charge in [0.25, 0.3) is 0 Å². The molecule has 2 aromatic rings. The van der Waals surface area contributed by atoms with E-state index in [0.717, 1.165) is 30.4 Å². The molecule has 0 unspecified atom stereocenters. The van der Waals surface area contributed by atoms with Gasteiger partial charge in [0.1, 0.15) is 0 Å². The topological polar surface area (TPSA) is 94.0 Å². The maximum absolute atomic E-state index is 11.0. The van der Waals surface area contributed by atoms with E-state index in [1.807, 2.05) is 19.1 Å². The van der Waals surface area contributed by atoms with Crippen molar-refractivity contribution in [3.63, 3.8) is 0 Å². The second-order valence-corrected chi connectivity index (χ2v) is 4.88.